The first-order valence-electron chi connectivity index (χ1n) is 11.9. The predicted octanol–water partition coefficient (Wildman–Crippen LogP) is 4.77. The van der Waals surface area contributed by atoms with Gasteiger partial charge in [0.05, 0.1) is 17.6 Å². The van der Waals surface area contributed by atoms with E-state index in [1.54, 1.807) is 78.0 Å². The Morgan fingerprint density at radius 2 is 1.56 bits per heavy atom. The zero-order valence-corrected chi connectivity index (χ0v) is 22.6. The molecule has 1 heterocycles. The summed E-state index contributed by atoms with van der Waals surface area (Å²) in [5, 5.41) is 0.394. The molecule has 0 aliphatic carbocycles. The molecule has 10 heteroatoms. The lowest BCUT2D eigenvalue weighted by Crippen LogP contribution is -2.42. The molecular formula is C29H26ClN3O5S. The Hall–Kier alpha value is -4.05. The van der Waals surface area contributed by atoms with E-state index < -0.39 is 27.9 Å². The Labute approximate surface area is 232 Å². The average molecular weight is 564 g/mol. The van der Waals surface area contributed by atoms with Crippen molar-refractivity contribution >= 4 is 33.5 Å². The number of nitrogens with one attached hydrogen (secondary N) is 1. The van der Waals surface area contributed by atoms with Crippen LogP contribution in [0.25, 0.3) is 0 Å². The minimum absolute atomic E-state index is 0.0159. The first kappa shape index (κ1) is 28.0. The summed E-state index contributed by atoms with van der Waals surface area (Å²) in [6.07, 6.45) is 3.28. The number of rotatable bonds is 10. The quantitative estimate of drug-likeness (QED) is 0.279. The van der Waals surface area contributed by atoms with Gasteiger partial charge in [-0.25, -0.2) is 13.2 Å². The fourth-order valence-electron chi connectivity index (χ4n) is 3.93. The molecule has 200 valence electrons. The monoisotopic (exact) mass is 563 g/mol. The van der Waals surface area contributed by atoms with E-state index in [1.807, 2.05) is 6.07 Å². The van der Waals surface area contributed by atoms with Crippen LogP contribution in [0, 0.1) is 0 Å². The van der Waals surface area contributed by atoms with Crippen molar-refractivity contribution in [2.45, 2.75) is 24.0 Å². The van der Waals surface area contributed by atoms with Gasteiger partial charge in [0.25, 0.3) is 0 Å². The summed E-state index contributed by atoms with van der Waals surface area (Å²) in [6, 6.07) is 23.4. The number of benzene rings is 3. The van der Waals surface area contributed by atoms with Gasteiger partial charge in [0.1, 0.15) is 6.04 Å². The van der Waals surface area contributed by atoms with Crippen LogP contribution in [0.2, 0.25) is 5.02 Å². The third kappa shape index (κ3) is 7.29. The van der Waals surface area contributed by atoms with Crippen molar-refractivity contribution in [3.05, 3.63) is 131 Å². The molecule has 0 bridgehead atoms. The number of methoxy groups -OCH3 is 1. The lowest BCUT2D eigenvalue weighted by Gasteiger charge is -2.28. The highest BCUT2D eigenvalue weighted by Crippen LogP contribution is 2.23. The first-order valence-corrected chi connectivity index (χ1v) is 13.8. The normalized spacial score (nSPS) is 11.9. The van der Waals surface area contributed by atoms with E-state index in [0.717, 1.165) is 11.1 Å². The van der Waals surface area contributed by atoms with Gasteiger partial charge in [0.15, 0.2) is 0 Å². The van der Waals surface area contributed by atoms with Gasteiger partial charge in [-0.3, -0.25) is 9.78 Å². The van der Waals surface area contributed by atoms with Crippen molar-refractivity contribution in [1.29, 1.82) is 0 Å². The second kappa shape index (κ2) is 12.7. The van der Waals surface area contributed by atoms with E-state index in [0.29, 0.717) is 16.1 Å². The van der Waals surface area contributed by atoms with Crippen LogP contribution in [0.4, 0.5) is 0 Å². The molecule has 1 amide bonds. The van der Waals surface area contributed by atoms with Gasteiger partial charge in [0.2, 0.25) is 15.9 Å². The Morgan fingerprint density at radius 3 is 2.18 bits per heavy atom. The second-order valence-electron chi connectivity index (χ2n) is 8.66. The van der Waals surface area contributed by atoms with Gasteiger partial charge < -0.3 is 9.64 Å². The number of hydrogen-bond acceptors (Lipinski definition) is 6. The number of hydrogen-bond donors (Lipinski definition) is 1. The van der Waals surface area contributed by atoms with Crippen LogP contribution in [0.5, 0.6) is 0 Å². The number of ether oxygens (including phenoxy) is 1. The number of sulfonamides is 1. The van der Waals surface area contributed by atoms with E-state index in [-0.39, 0.29) is 18.0 Å². The highest BCUT2D eigenvalue weighted by molar-refractivity contribution is 7.89. The van der Waals surface area contributed by atoms with Gasteiger partial charge in [-0.1, -0.05) is 60.1 Å². The lowest BCUT2D eigenvalue weighted by atomic mass is 10.1. The minimum atomic E-state index is -4.09. The molecule has 39 heavy (non-hydrogen) atoms. The van der Waals surface area contributed by atoms with Crippen molar-refractivity contribution < 1.29 is 22.7 Å². The summed E-state index contributed by atoms with van der Waals surface area (Å²) in [5.41, 5.74) is 2.37. The molecule has 4 rings (SSSR count). The number of pyridine rings is 1. The zero-order valence-electron chi connectivity index (χ0n) is 21.0. The number of carbonyl (C=O) groups is 2. The van der Waals surface area contributed by atoms with Crippen molar-refractivity contribution in [2.75, 3.05) is 7.11 Å². The molecule has 1 aromatic heterocycles. The van der Waals surface area contributed by atoms with Crippen molar-refractivity contribution in [3.8, 4) is 0 Å². The first-order chi connectivity index (χ1) is 18.8. The molecule has 4 aromatic rings. The molecule has 0 unspecified atom stereocenters. The lowest BCUT2D eigenvalue weighted by molar-refractivity contribution is -0.134. The summed E-state index contributed by atoms with van der Waals surface area (Å²) < 4.78 is 34.0. The van der Waals surface area contributed by atoms with E-state index >= 15 is 0 Å². The van der Waals surface area contributed by atoms with Crippen molar-refractivity contribution in [2.24, 2.45) is 0 Å². The fourth-order valence-corrected chi connectivity index (χ4v) is 5.24. The largest absolute Gasteiger partial charge is 0.465 e. The average Bonchev–Trinajstić information content (AvgIpc) is 2.96. The number of nitrogens with zero attached hydrogens (tertiary/aromatic N) is 2. The van der Waals surface area contributed by atoms with Gasteiger partial charge >= 0.3 is 5.97 Å². The molecule has 0 spiro atoms. The SMILES string of the molecule is COC(=O)c1ccc(CN(Cc2cccnc2)C(=O)[C@H](NS(=O)(=O)c2ccc(Cl)cc2)c2ccccc2)cc1. The maximum atomic E-state index is 14.1. The zero-order chi connectivity index (χ0) is 27.8. The summed E-state index contributed by atoms with van der Waals surface area (Å²) in [6.45, 7) is 0.332. The van der Waals surface area contributed by atoms with Crippen LogP contribution in [0.1, 0.15) is 33.1 Å². The molecule has 0 saturated heterocycles. The summed E-state index contributed by atoms with van der Waals surface area (Å²) in [5.74, 6) is -0.926. The molecular weight excluding hydrogens is 538 g/mol. The van der Waals surface area contributed by atoms with Crippen LogP contribution >= 0.6 is 11.6 Å². The molecule has 1 N–H and O–H groups in total. The van der Waals surface area contributed by atoms with Crippen LogP contribution in [0.3, 0.4) is 0 Å². The Morgan fingerprint density at radius 1 is 0.897 bits per heavy atom. The van der Waals surface area contributed by atoms with Gasteiger partial charge in [0, 0.05) is 30.5 Å². The number of esters is 1. The van der Waals surface area contributed by atoms with Crippen molar-refractivity contribution in [1.82, 2.24) is 14.6 Å². The maximum absolute atomic E-state index is 14.1. The molecule has 0 aliphatic heterocycles. The molecule has 0 fully saturated rings. The van der Waals surface area contributed by atoms with Gasteiger partial charge in [-0.15, -0.1) is 0 Å². The number of aromatic nitrogens is 1. The topological polar surface area (TPSA) is 106 Å². The number of amides is 1. The highest BCUT2D eigenvalue weighted by Gasteiger charge is 2.31. The fraction of sp³-hybridized carbons (Fsp3) is 0.138. The van der Waals surface area contributed by atoms with Crippen molar-refractivity contribution in [3.63, 3.8) is 0 Å². The highest BCUT2D eigenvalue weighted by atomic mass is 35.5. The molecule has 0 aliphatic rings. The van der Waals surface area contributed by atoms with Crippen LogP contribution in [0.15, 0.2) is 108 Å². The second-order valence-corrected chi connectivity index (χ2v) is 10.8. The standard InChI is InChI=1S/C29H26ClN3O5S/c1-38-29(35)24-11-9-21(10-12-24)19-33(20-22-6-5-17-31-18-22)28(34)27(23-7-3-2-4-8-23)32-39(36,37)26-15-13-25(30)14-16-26/h2-18,27,32H,19-20H2,1H3/t27-/m1/s1. The molecule has 0 saturated carbocycles. The molecule has 1 atom stereocenters. The maximum Gasteiger partial charge on any atom is 0.337 e. The van der Waals surface area contributed by atoms with E-state index in [4.69, 9.17) is 16.3 Å². The van der Waals surface area contributed by atoms with Crippen LogP contribution in [-0.2, 0) is 32.6 Å². The summed E-state index contributed by atoms with van der Waals surface area (Å²) >= 11 is 5.94. The predicted molar refractivity (Wildman–Crippen MR) is 147 cm³/mol. The van der Waals surface area contributed by atoms with E-state index in [9.17, 15) is 18.0 Å². The third-order valence-electron chi connectivity index (χ3n) is 5.93. The van der Waals surface area contributed by atoms with E-state index in [1.165, 1.54) is 31.4 Å². The summed E-state index contributed by atoms with van der Waals surface area (Å²) in [4.78, 5) is 31.6. The van der Waals surface area contributed by atoms with Gasteiger partial charge in [-0.05, 0) is 59.2 Å². The minimum Gasteiger partial charge on any atom is -0.465 e. The smallest absolute Gasteiger partial charge is 0.337 e. The summed E-state index contributed by atoms with van der Waals surface area (Å²) in [7, 11) is -2.78. The molecule has 3 aromatic carbocycles. The Kier molecular flexibility index (Phi) is 9.08. The number of carbonyl (C=O) groups excluding carboxylic acids is 2. The number of halogens is 1. The molecule has 0 radical (unpaired) electrons. The van der Waals surface area contributed by atoms with Crippen LogP contribution < -0.4 is 4.72 Å². The Bertz CT molecular complexity index is 1520. The Balaban J connectivity index is 1.69. The molecule has 8 nitrogen and oxygen atoms in total. The van der Waals surface area contributed by atoms with Gasteiger partial charge in [-0.2, -0.15) is 4.72 Å². The van der Waals surface area contributed by atoms with Crippen LogP contribution in [-0.4, -0.2) is 37.3 Å². The third-order valence-corrected chi connectivity index (χ3v) is 7.62. The van der Waals surface area contributed by atoms with E-state index in [2.05, 4.69) is 9.71 Å².